The highest BCUT2D eigenvalue weighted by Gasteiger charge is 2.17. The fourth-order valence-electron chi connectivity index (χ4n) is 1.41. The molecule has 0 aliphatic rings. The molecule has 0 saturated carbocycles. The van der Waals surface area contributed by atoms with Crippen LogP contribution in [0.5, 0.6) is 0 Å². The Bertz CT molecular complexity index is 479. The van der Waals surface area contributed by atoms with E-state index in [0.717, 1.165) is 11.8 Å². The highest BCUT2D eigenvalue weighted by molar-refractivity contribution is 8.01. The lowest BCUT2D eigenvalue weighted by atomic mass is 10.2. The number of carboxylic acid groups (broad SMARTS) is 1. The number of aryl methyl sites for hydroxylation is 1. The molecule has 2 N–H and O–H groups in total. The summed E-state index contributed by atoms with van der Waals surface area (Å²) in [4.78, 5) is 22.4. The number of anilines is 1. The van der Waals surface area contributed by atoms with E-state index in [1.807, 2.05) is 0 Å². The van der Waals surface area contributed by atoms with E-state index in [1.165, 1.54) is 6.07 Å². The number of carbonyl (C=O) groups excluding carboxylic acids is 1. The first-order chi connectivity index (χ1) is 8.93. The van der Waals surface area contributed by atoms with E-state index in [-0.39, 0.29) is 17.5 Å². The molecule has 1 unspecified atom stereocenters. The van der Waals surface area contributed by atoms with Crippen LogP contribution in [0.2, 0.25) is 0 Å². The van der Waals surface area contributed by atoms with Crippen LogP contribution in [-0.2, 0) is 9.59 Å². The fraction of sp³-hybridized carbons (Fsp3) is 0.385. The number of carboxylic acids is 1. The molecule has 1 aromatic rings. The van der Waals surface area contributed by atoms with Crippen LogP contribution in [0, 0.1) is 12.7 Å². The van der Waals surface area contributed by atoms with Crippen molar-refractivity contribution in [2.24, 2.45) is 0 Å². The molecule has 104 valence electrons. The lowest BCUT2D eigenvalue weighted by Crippen LogP contribution is -2.20. The van der Waals surface area contributed by atoms with Crippen LogP contribution in [0.1, 0.15) is 18.9 Å². The minimum Gasteiger partial charge on any atom is -0.480 e. The van der Waals surface area contributed by atoms with E-state index in [9.17, 15) is 14.0 Å². The van der Waals surface area contributed by atoms with Gasteiger partial charge in [-0.25, -0.2) is 4.39 Å². The van der Waals surface area contributed by atoms with Crippen LogP contribution >= 0.6 is 11.8 Å². The third-order valence-corrected chi connectivity index (χ3v) is 3.88. The molecule has 0 aromatic heterocycles. The van der Waals surface area contributed by atoms with Gasteiger partial charge >= 0.3 is 5.97 Å². The summed E-state index contributed by atoms with van der Waals surface area (Å²) in [5, 5.41) is 10.8. The maximum atomic E-state index is 13.3. The van der Waals surface area contributed by atoms with Crippen LogP contribution in [0.25, 0.3) is 0 Å². The van der Waals surface area contributed by atoms with Crippen molar-refractivity contribution in [3.63, 3.8) is 0 Å². The first-order valence-electron chi connectivity index (χ1n) is 5.84. The van der Waals surface area contributed by atoms with Gasteiger partial charge in [0.15, 0.2) is 0 Å². The average Bonchev–Trinajstić information content (AvgIpc) is 2.34. The first-order valence-corrected chi connectivity index (χ1v) is 6.89. The van der Waals surface area contributed by atoms with Crippen LogP contribution < -0.4 is 5.32 Å². The standard InChI is InChI=1S/C13H16FNO3S/c1-3-11(13(17)18)19-7-12(16)15-9-5-4-8(2)10(14)6-9/h4-6,11H,3,7H2,1-2H3,(H,15,16)(H,17,18). The van der Waals surface area contributed by atoms with Crippen molar-refractivity contribution in [1.82, 2.24) is 0 Å². The van der Waals surface area contributed by atoms with E-state index in [4.69, 9.17) is 5.11 Å². The van der Waals surface area contributed by atoms with Gasteiger partial charge in [0.05, 0.1) is 5.75 Å². The summed E-state index contributed by atoms with van der Waals surface area (Å²) < 4.78 is 13.3. The second kappa shape index (κ2) is 7.13. The van der Waals surface area contributed by atoms with Crippen molar-refractivity contribution in [2.75, 3.05) is 11.1 Å². The second-order valence-electron chi connectivity index (χ2n) is 4.06. The highest BCUT2D eigenvalue weighted by Crippen LogP contribution is 2.17. The lowest BCUT2D eigenvalue weighted by molar-refractivity contribution is -0.136. The van der Waals surface area contributed by atoms with Crippen LogP contribution in [0.3, 0.4) is 0 Å². The molecule has 1 atom stereocenters. The van der Waals surface area contributed by atoms with Gasteiger partial charge in [0, 0.05) is 5.69 Å². The molecule has 0 spiro atoms. The number of hydrogen-bond donors (Lipinski definition) is 2. The van der Waals surface area contributed by atoms with Crippen molar-refractivity contribution in [3.05, 3.63) is 29.6 Å². The van der Waals surface area contributed by atoms with Crippen LogP contribution in [-0.4, -0.2) is 28.0 Å². The number of rotatable bonds is 6. The summed E-state index contributed by atoms with van der Waals surface area (Å²) >= 11 is 1.06. The lowest BCUT2D eigenvalue weighted by Gasteiger charge is -2.10. The van der Waals surface area contributed by atoms with E-state index in [0.29, 0.717) is 17.7 Å². The Hall–Kier alpha value is -1.56. The van der Waals surface area contributed by atoms with Gasteiger partial charge in [0.2, 0.25) is 5.91 Å². The Morgan fingerprint density at radius 1 is 1.47 bits per heavy atom. The third-order valence-electron chi connectivity index (χ3n) is 2.52. The number of hydrogen-bond acceptors (Lipinski definition) is 3. The number of aliphatic carboxylic acids is 1. The molecule has 0 aliphatic carbocycles. The molecule has 4 nitrogen and oxygen atoms in total. The summed E-state index contributed by atoms with van der Waals surface area (Å²) in [7, 11) is 0. The quantitative estimate of drug-likeness (QED) is 0.843. The molecule has 1 aromatic carbocycles. The molecule has 0 radical (unpaired) electrons. The predicted molar refractivity (Wildman–Crippen MR) is 73.9 cm³/mol. The van der Waals surface area contributed by atoms with Gasteiger partial charge < -0.3 is 10.4 Å². The Morgan fingerprint density at radius 2 is 2.16 bits per heavy atom. The fourth-order valence-corrected chi connectivity index (χ4v) is 2.21. The zero-order valence-corrected chi connectivity index (χ0v) is 11.6. The number of carbonyl (C=O) groups is 2. The molecular weight excluding hydrogens is 269 g/mol. The molecule has 1 amide bonds. The van der Waals surface area contributed by atoms with Crippen molar-refractivity contribution in [2.45, 2.75) is 25.5 Å². The SMILES string of the molecule is CCC(SCC(=O)Nc1ccc(C)c(F)c1)C(=O)O. The number of halogens is 1. The minimum atomic E-state index is -0.929. The summed E-state index contributed by atoms with van der Waals surface area (Å²) in [6, 6.07) is 4.42. The Labute approximate surface area is 115 Å². The van der Waals surface area contributed by atoms with Gasteiger partial charge in [-0.2, -0.15) is 0 Å². The Morgan fingerprint density at radius 3 is 2.68 bits per heavy atom. The van der Waals surface area contributed by atoms with Gasteiger partial charge in [-0.3, -0.25) is 9.59 Å². The van der Waals surface area contributed by atoms with Crippen molar-refractivity contribution in [1.29, 1.82) is 0 Å². The minimum absolute atomic E-state index is 0.0281. The van der Waals surface area contributed by atoms with Crippen LogP contribution in [0.4, 0.5) is 10.1 Å². The number of amides is 1. The summed E-state index contributed by atoms with van der Waals surface area (Å²) in [5.41, 5.74) is 0.876. The largest absolute Gasteiger partial charge is 0.480 e. The van der Waals surface area contributed by atoms with Gasteiger partial charge in [-0.1, -0.05) is 13.0 Å². The first kappa shape index (κ1) is 15.5. The van der Waals surface area contributed by atoms with E-state index < -0.39 is 11.2 Å². The zero-order valence-electron chi connectivity index (χ0n) is 10.8. The molecule has 0 bridgehead atoms. The molecule has 0 heterocycles. The summed E-state index contributed by atoms with van der Waals surface area (Å²) in [6.07, 6.45) is 0.451. The molecule has 0 fully saturated rings. The Kier molecular flexibility index (Phi) is 5.82. The van der Waals surface area contributed by atoms with Gasteiger partial charge in [-0.05, 0) is 31.0 Å². The molecule has 6 heteroatoms. The van der Waals surface area contributed by atoms with Crippen molar-refractivity contribution >= 4 is 29.3 Å². The predicted octanol–water partition coefficient (Wildman–Crippen LogP) is 2.67. The molecule has 0 saturated heterocycles. The maximum absolute atomic E-state index is 13.3. The van der Waals surface area contributed by atoms with E-state index >= 15 is 0 Å². The van der Waals surface area contributed by atoms with Gasteiger partial charge in [-0.15, -0.1) is 11.8 Å². The second-order valence-corrected chi connectivity index (χ2v) is 5.25. The third kappa shape index (κ3) is 4.90. The monoisotopic (exact) mass is 285 g/mol. The number of nitrogens with one attached hydrogen (secondary N) is 1. The van der Waals surface area contributed by atoms with E-state index in [2.05, 4.69) is 5.32 Å². The summed E-state index contributed by atoms with van der Waals surface area (Å²) in [5.74, 6) is -1.63. The van der Waals surface area contributed by atoms with Gasteiger partial charge in [0.25, 0.3) is 0 Å². The van der Waals surface area contributed by atoms with Crippen molar-refractivity contribution < 1.29 is 19.1 Å². The normalized spacial score (nSPS) is 11.9. The van der Waals surface area contributed by atoms with Crippen LogP contribution in [0.15, 0.2) is 18.2 Å². The maximum Gasteiger partial charge on any atom is 0.316 e. The average molecular weight is 285 g/mol. The number of thioether (sulfide) groups is 1. The zero-order chi connectivity index (χ0) is 14.4. The molecule has 19 heavy (non-hydrogen) atoms. The topological polar surface area (TPSA) is 66.4 Å². The number of benzene rings is 1. The smallest absolute Gasteiger partial charge is 0.316 e. The van der Waals surface area contributed by atoms with Crippen molar-refractivity contribution in [3.8, 4) is 0 Å². The Balaban J connectivity index is 2.51. The molecule has 1 rings (SSSR count). The molecular formula is C13H16FNO3S. The van der Waals surface area contributed by atoms with E-state index in [1.54, 1.807) is 26.0 Å². The summed E-state index contributed by atoms with van der Waals surface area (Å²) in [6.45, 7) is 3.38. The molecule has 0 aliphatic heterocycles. The highest BCUT2D eigenvalue weighted by atomic mass is 32.2. The van der Waals surface area contributed by atoms with Gasteiger partial charge in [0.1, 0.15) is 11.1 Å².